The molecule has 0 saturated carbocycles. The zero-order chi connectivity index (χ0) is 17.1. The Morgan fingerprint density at radius 2 is 1.87 bits per heavy atom. The molecule has 124 valence electrons. The second-order valence-corrected chi connectivity index (χ2v) is 6.28. The minimum Gasteiger partial charge on any atom is -0.386 e. The number of aliphatic hydroxyl groups excluding tert-OH is 1. The van der Waals surface area contributed by atoms with Crippen LogP contribution < -0.4 is 5.32 Å². The van der Waals surface area contributed by atoms with Crippen molar-refractivity contribution in [1.29, 1.82) is 0 Å². The van der Waals surface area contributed by atoms with Crippen LogP contribution in [0.15, 0.2) is 30.3 Å². The lowest BCUT2D eigenvalue weighted by molar-refractivity contribution is -0.125. The number of carbonyl (C=O) groups excluding carboxylic acids is 1. The van der Waals surface area contributed by atoms with Crippen molar-refractivity contribution in [1.82, 2.24) is 15.1 Å². The molecule has 3 unspecified atom stereocenters. The topological polar surface area (TPSA) is 67.2 Å². The largest absolute Gasteiger partial charge is 0.386 e. The maximum absolute atomic E-state index is 12.4. The second-order valence-electron chi connectivity index (χ2n) is 5.84. The number of amides is 1. The van der Waals surface area contributed by atoms with Crippen molar-refractivity contribution in [2.24, 2.45) is 0 Å². The molecule has 1 aromatic heterocycles. The first-order valence-corrected chi connectivity index (χ1v) is 7.94. The average molecular weight is 336 g/mol. The molecule has 5 nitrogen and oxygen atoms in total. The van der Waals surface area contributed by atoms with E-state index in [0.29, 0.717) is 10.6 Å². The molecule has 0 bridgehead atoms. The van der Waals surface area contributed by atoms with Gasteiger partial charge >= 0.3 is 0 Å². The van der Waals surface area contributed by atoms with Gasteiger partial charge in [0.15, 0.2) is 0 Å². The zero-order valence-corrected chi connectivity index (χ0v) is 14.5. The van der Waals surface area contributed by atoms with Gasteiger partial charge in [0.05, 0.1) is 17.8 Å². The van der Waals surface area contributed by atoms with E-state index in [1.807, 2.05) is 19.9 Å². The van der Waals surface area contributed by atoms with Gasteiger partial charge in [-0.1, -0.05) is 23.7 Å². The van der Waals surface area contributed by atoms with E-state index in [4.69, 9.17) is 11.6 Å². The van der Waals surface area contributed by atoms with E-state index in [1.54, 1.807) is 42.8 Å². The Labute approximate surface area is 141 Å². The molecule has 0 fully saturated rings. The van der Waals surface area contributed by atoms with Gasteiger partial charge in [-0.2, -0.15) is 5.10 Å². The van der Waals surface area contributed by atoms with Gasteiger partial charge in [0.25, 0.3) is 0 Å². The maximum Gasteiger partial charge on any atom is 0.244 e. The van der Waals surface area contributed by atoms with Crippen LogP contribution in [0.5, 0.6) is 0 Å². The number of aliphatic hydroxyl groups is 1. The summed E-state index contributed by atoms with van der Waals surface area (Å²) in [4.78, 5) is 12.4. The molecular formula is C17H22ClN3O2. The van der Waals surface area contributed by atoms with E-state index < -0.39 is 18.2 Å². The number of carbonyl (C=O) groups is 1. The van der Waals surface area contributed by atoms with Gasteiger partial charge in [0, 0.05) is 10.7 Å². The summed E-state index contributed by atoms with van der Waals surface area (Å²) < 4.78 is 1.69. The third-order valence-electron chi connectivity index (χ3n) is 3.85. The van der Waals surface area contributed by atoms with E-state index in [-0.39, 0.29) is 5.91 Å². The number of aromatic nitrogens is 2. The summed E-state index contributed by atoms with van der Waals surface area (Å²) in [7, 11) is 0. The molecule has 2 N–H and O–H groups in total. The van der Waals surface area contributed by atoms with Crippen LogP contribution >= 0.6 is 11.6 Å². The number of hydrogen-bond donors (Lipinski definition) is 2. The lowest BCUT2D eigenvalue weighted by Gasteiger charge is -2.23. The predicted molar refractivity (Wildman–Crippen MR) is 90.4 cm³/mol. The fourth-order valence-corrected chi connectivity index (χ4v) is 2.65. The SMILES string of the molecule is Cc1cc(C)n(C(C)C(=O)NC(C)C(O)c2ccc(Cl)cc2)n1. The molecule has 0 aliphatic heterocycles. The first kappa shape index (κ1) is 17.5. The molecule has 2 aromatic rings. The molecule has 6 heteroatoms. The Morgan fingerprint density at radius 1 is 1.26 bits per heavy atom. The van der Waals surface area contributed by atoms with Gasteiger partial charge in [-0.05, 0) is 51.5 Å². The molecule has 1 heterocycles. The van der Waals surface area contributed by atoms with Crippen LogP contribution in [0.2, 0.25) is 5.02 Å². The number of hydrogen-bond acceptors (Lipinski definition) is 3. The van der Waals surface area contributed by atoms with Crippen molar-refractivity contribution in [2.75, 3.05) is 0 Å². The Hall–Kier alpha value is -1.85. The van der Waals surface area contributed by atoms with Crippen molar-refractivity contribution in [2.45, 2.75) is 45.9 Å². The van der Waals surface area contributed by atoms with Crippen LogP contribution in [0.4, 0.5) is 0 Å². The minimum atomic E-state index is -0.802. The van der Waals surface area contributed by atoms with Crippen LogP contribution in [-0.4, -0.2) is 26.8 Å². The molecule has 0 spiro atoms. The lowest BCUT2D eigenvalue weighted by atomic mass is 10.0. The molecule has 0 radical (unpaired) electrons. The average Bonchev–Trinajstić information content (AvgIpc) is 2.85. The summed E-state index contributed by atoms with van der Waals surface area (Å²) in [5.74, 6) is -0.184. The molecular weight excluding hydrogens is 314 g/mol. The fraction of sp³-hybridized carbons (Fsp3) is 0.412. The summed E-state index contributed by atoms with van der Waals surface area (Å²) in [6.45, 7) is 7.36. The molecule has 2 rings (SSSR count). The standard InChI is InChI=1S/C17H22ClN3O2/c1-10-9-11(2)21(20-10)13(4)17(23)19-12(3)16(22)14-5-7-15(18)8-6-14/h5-9,12-13,16,22H,1-4H3,(H,19,23). The molecule has 1 aromatic carbocycles. The quantitative estimate of drug-likeness (QED) is 0.882. The zero-order valence-electron chi connectivity index (χ0n) is 13.7. The monoisotopic (exact) mass is 335 g/mol. The summed E-state index contributed by atoms with van der Waals surface area (Å²) in [6.07, 6.45) is -0.802. The Kier molecular flexibility index (Phi) is 5.44. The van der Waals surface area contributed by atoms with Gasteiger partial charge in [-0.15, -0.1) is 0 Å². The number of aryl methyl sites for hydroxylation is 2. The number of benzene rings is 1. The van der Waals surface area contributed by atoms with Crippen molar-refractivity contribution >= 4 is 17.5 Å². The maximum atomic E-state index is 12.4. The Bertz CT molecular complexity index is 682. The third-order valence-corrected chi connectivity index (χ3v) is 4.10. The summed E-state index contributed by atoms with van der Waals surface area (Å²) in [5, 5.41) is 18.1. The normalized spacial score (nSPS) is 15.0. The number of halogens is 1. The fourth-order valence-electron chi connectivity index (χ4n) is 2.52. The van der Waals surface area contributed by atoms with Crippen LogP contribution in [0.1, 0.15) is 42.9 Å². The van der Waals surface area contributed by atoms with Crippen LogP contribution in [0.25, 0.3) is 0 Å². The van der Waals surface area contributed by atoms with E-state index in [9.17, 15) is 9.90 Å². The van der Waals surface area contributed by atoms with E-state index in [2.05, 4.69) is 10.4 Å². The van der Waals surface area contributed by atoms with Gasteiger partial charge in [-0.25, -0.2) is 0 Å². The van der Waals surface area contributed by atoms with E-state index in [0.717, 1.165) is 11.4 Å². The van der Waals surface area contributed by atoms with E-state index in [1.165, 1.54) is 0 Å². The number of rotatable bonds is 5. The highest BCUT2D eigenvalue weighted by Gasteiger charge is 2.23. The van der Waals surface area contributed by atoms with Crippen molar-refractivity contribution in [3.63, 3.8) is 0 Å². The van der Waals surface area contributed by atoms with Crippen molar-refractivity contribution in [3.05, 3.63) is 52.3 Å². The predicted octanol–water partition coefficient (Wildman–Crippen LogP) is 2.95. The highest BCUT2D eigenvalue weighted by atomic mass is 35.5. The number of nitrogens with zero attached hydrogens (tertiary/aromatic N) is 2. The highest BCUT2D eigenvalue weighted by molar-refractivity contribution is 6.30. The summed E-state index contributed by atoms with van der Waals surface area (Å²) >= 11 is 5.85. The number of nitrogens with one attached hydrogen (secondary N) is 1. The Balaban J connectivity index is 2.04. The molecule has 23 heavy (non-hydrogen) atoms. The Morgan fingerprint density at radius 3 is 2.39 bits per heavy atom. The molecule has 3 atom stereocenters. The van der Waals surface area contributed by atoms with E-state index >= 15 is 0 Å². The molecule has 0 aliphatic rings. The summed E-state index contributed by atoms with van der Waals surface area (Å²) in [6, 6.07) is 7.99. The second kappa shape index (κ2) is 7.15. The van der Waals surface area contributed by atoms with Crippen LogP contribution in [0.3, 0.4) is 0 Å². The van der Waals surface area contributed by atoms with Gasteiger partial charge in [0.1, 0.15) is 6.04 Å². The minimum absolute atomic E-state index is 0.184. The van der Waals surface area contributed by atoms with Gasteiger partial charge in [0.2, 0.25) is 5.91 Å². The smallest absolute Gasteiger partial charge is 0.244 e. The van der Waals surface area contributed by atoms with Gasteiger partial charge < -0.3 is 10.4 Å². The first-order valence-electron chi connectivity index (χ1n) is 7.56. The molecule has 0 saturated heterocycles. The molecule has 1 amide bonds. The summed E-state index contributed by atoms with van der Waals surface area (Å²) in [5.41, 5.74) is 2.51. The highest BCUT2D eigenvalue weighted by Crippen LogP contribution is 2.20. The lowest BCUT2D eigenvalue weighted by Crippen LogP contribution is -2.41. The van der Waals surface area contributed by atoms with Crippen LogP contribution in [0, 0.1) is 13.8 Å². The van der Waals surface area contributed by atoms with Crippen molar-refractivity contribution < 1.29 is 9.90 Å². The van der Waals surface area contributed by atoms with Gasteiger partial charge in [-0.3, -0.25) is 9.48 Å². The first-order chi connectivity index (χ1) is 10.8. The van der Waals surface area contributed by atoms with Crippen molar-refractivity contribution in [3.8, 4) is 0 Å². The third kappa shape index (κ3) is 4.12. The molecule has 0 aliphatic carbocycles. The van der Waals surface area contributed by atoms with Crippen LogP contribution in [-0.2, 0) is 4.79 Å².